The Bertz CT molecular complexity index is 685. The van der Waals surface area contributed by atoms with Crippen molar-refractivity contribution in [3.05, 3.63) is 37.2 Å². The number of hydrogen-bond acceptors (Lipinski definition) is 9. The highest BCUT2D eigenvalue weighted by atomic mass is 32.2. The van der Waals surface area contributed by atoms with Gasteiger partial charge in [0.2, 0.25) is 5.95 Å². The fourth-order valence-corrected chi connectivity index (χ4v) is 2.11. The molecule has 0 unspecified atom stereocenters. The SMILES string of the molecule is NNc1nc(Sc2ccncc2)nc(-n2cncn2)n1. The number of hydrogen-bond donors (Lipinski definition) is 2. The first kappa shape index (κ1) is 12.4. The van der Waals surface area contributed by atoms with Crippen molar-refractivity contribution in [2.24, 2.45) is 5.84 Å². The van der Waals surface area contributed by atoms with Crippen molar-refractivity contribution < 1.29 is 0 Å². The lowest BCUT2D eigenvalue weighted by atomic mass is 10.5. The number of anilines is 1. The van der Waals surface area contributed by atoms with Gasteiger partial charge in [-0.15, -0.1) is 0 Å². The van der Waals surface area contributed by atoms with E-state index in [1.54, 1.807) is 12.4 Å². The smallest absolute Gasteiger partial charge is 0.257 e. The number of nitrogens with one attached hydrogen (secondary N) is 1. The summed E-state index contributed by atoms with van der Waals surface area (Å²) in [5.74, 6) is 5.95. The molecule has 0 saturated carbocycles. The third kappa shape index (κ3) is 2.70. The molecule has 0 atom stereocenters. The van der Waals surface area contributed by atoms with E-state index in [1.165, 1.54) is 29.1 Å². The Kier molecular flexibility index (Phi) is 3.48. The molecule has 0 aromatic carbocycles. The van der Waals surface area contributed by atoms with Gasteiger partial charge in [-0.3, -0.25) is 10.4 Å². The molecule has 3 heterocycles. The van der Waals surface area contributed by atoms with Crippen molar-refractivity contribution in [2.45, 2.75) is 10.1 Å². The van der Waals surface area contributed by atoms with Crippen LogP contribution in [0.15, 0.2) is 47.2 Å². The second kappa shape index (κ2) is 5.59. The molecule has 0 bridgehead atoms. The minimum Gasteiger partial charge on any atom is -0.292 e. The van der Waals surface area contributed by atoms with Crippen LogP contribution in [-0.2, 0) is 0 Å². The molecule has 0 aliphatic carbocycles. The number of hydrazine groups is 1. The lowest BCUT2D eigenvalue weighted by Gasteiger charge is -2.05. The lowest BCUT2D eigenvalue weighted by Crippen LogP contribution is -2.14. The van der Waals surface area contributed by atoms with Crippen molar-refractivity contribution in [2.75, 3.05) is 5.43 Å². The molecule has 10 heteroatoms. The van der Waals surface area contributed by atoms with Crippen LogP contribution in [0.5, 0.6) is 0 Å². The van der Waals surface area contributed by atoms with Crippen LogP contribution in [0.4, 0.5) is 5.95 Å². The van der Waals surface area contributed by atoms with Crippen LogP contribution in [0.1, 0.15) is 0 Å². The Balaban J connectivity index is 1.96. The summed E-state index contributed by atoms with van der Waals surface area (Å²) in [6.07, 6.45) is 6.29. The quantitative estimate of drug-likeness (QED) is 0.515. The summed E-state index contributed by atoms with van der Waals surface area (Å²) < 4.78 is 1.43. The predicted octanol–water partition coefficient (Wildman–Crippen LogP) is 0.284. The monoisotopic (exact) mass is 287 g/mol. The summed E-state index contributed by atoms with van der Waals surface area (Å²) in [5, 5.41) is 4.47. The standard InChI is InChI=1S/C10H9N9S/c11-18-8-15-9(19-6-13-5-14-19)17-10(16-8)20-7-1-3-12-4-2-7/h1-6H,11H2,(H,15,16,17,18). The average molecular weight is 287 g/mol. The maximum absolute atomic E-state index is 5.37. The molecule has 0 aliphatic heterocycles. The molecule has 0 fully saturated rings. The van der Waals surface area contributed by atoms with Crippen LogP contribution in [0.25, 0.3) is 5.95 Å². The van der Waals surface area contributed by atoms with Crippen molar-refractivity contribution in [1.82, 2.24) is 34.7 Å². The normalized spacial score (nSPS) is 10.4. The van der Waals surface area contributed by atoms with Gasteiger partial charge in [0.1, 0.15) is 12.7 Å². The summed E-state index contributed by atoms with van der Waals surface area (Å²) in [7, 11) is 0. The van der Waals surface area contributed by atoms with Gasteiger partial charge in [-0.05, 0) is 23.9 Å². The zero-order valence-corrected chi connectivity index (χ0v) is 10.9. The molecule has 3 rings (SSSR count). The Morgan fingerprint density at radius 1 is 1.10 bits per heavy atom. The molecule has 3 aromatic heterocycles. The van der Waals surface area contributed by atoms with Crippen LogP contribution in [0.3, 0.4) is 0 Å². The van der Waals surface area contributed by atoms with E-state index in [-0.39, 0.29) is 5.95 Å². The third-order valence-electron chi connectivity index (χ3n) is 2.21. The van der Waals surface area contributed by atoms with Crippen LogP contribution >= 0.6 is 11.8 Å². The summed E-state index contributed by atoms with van der Waals surface area (Å²) in [4.78, 5) is 21.4. The number of nitrogens with two attached hydrogens (primary N) is 1. The van der Waals surface area contributed by atoms with E-state index in [0.717, 1.165) is 4.90 Å². The largest absolute Gasteiger partial charge is 0.292 e. The predicted molar refractivity (Wildman–Crippen MR) is 70.9 cm³/mol. The van der Waals surface area contributed by atoms with E-state index in [4.69, 9.17) is 5.84 Å². The van der Waals surface area contributed by atoms with Gasteiger partial charge in [-0.2, -0.15) is 24.7 Å². The summed E-state index contributed by atoms with van der Waals surface area (Å²) in [6, 6.07) is 3.72. The van der Waals surface area contributed by atoms with E-state index in [1.807, 2.05) is 12.1 Å². The van der Waals surface area contributed by atoms with Gasteiger partial charge in [-0.25, -0.2) is 10.8 Å². The zero-order chi connectivity index (χ0) is 13.8. The first-order valence-corrected chi connectivity index (χ1v) is 6.32. The molecule has 20 heavy (non-hydrogen) atoms. The third-order valence-corrected chi connectivity index (χ3v) is 3.09. The topological polar surface area (TPSA) is 120 Å². The maximum Gasteiger partial charge on any atom is 0.257 e. The van der Waals surface area contributed by atoms with Crippen LogP contribution < -0.4 is 11.3 Å². The maximum atomic E-state index is 5.37. The minimum absolute atomic E-state index is 0.252. The number of nitrogens with zero attached hydrogens (tertiary/aromatic N) is 7. The van der Waals surface area contributed by atoms with E-state index in [0.29, 0.717) is 11.1 Å². The van der Waals surface area contributed by atoms with Crippen molar-refractivity contribution >= 4 is 17.7 Å². The van der Waals surface area contributed by atoms with Crippen LogP contribution in [-0.4, -0.2) is 34.7 Å². The molecular formula is C10H9N9S. The van der Waals surface area contributed by atoms with Gasteiger partial charge < -0.3 is 0 Å². The molecule has 3 N–H and O–H groups in total. The molecule has 0 aliphatic rings. The lowest BCUT2D eigenvalue weighted by molar-refractivity contribution is 0.759. The highest BCUT2D eigenvalue weighted by Gasteiger charge is 2.09. The first-order valence-electron chi connectivity index (χ1n) is 5.51. The van der Waals surface area contributed by atoms with Gasteiger partial charge in [0.25, 0.3) is 5.95 Å². The van der Waals surface area contributed by atoms with Gasteiger partial charge in [-0.1, -0.05) is 0 Å². The molecule has 3 aromatic rings. The number of aromatic nitrogens is 7. The Morgan fingerprint density at radius 2 is 1.95 bits per heavy atom. The Morgan fingerprint density at radius 3 is 2.65 bits per heavy atom. The minimum atomic E-state index is 0.252. The molecule has 0 radical (unpaired) electrons. The highest BCUT2D eigenvalue weighted by Crippen LogP contribution is 2.24. The fourth-order valence-electron chi connectivity index (χ4n) is 1.38. The molecule has 9 nitrogen and oxygen atoms in total. The van der Waals surface area contributed by atoms with Gasteiger partial charge in [0.15, 0.2) is 5.16 Å². The zero-order valence-electron chi connectivity index (χ0n) is 10.1. The van der Waals surface area contributed by atoms with Crippen molar-refractivity contribution in [1.29, 1.82) is 0 Å². The summed E-state index contributed by atoms with van der Waals surface area (Å²) in [6.45, 7) is 0. The van der Waals surface area contributed by atoms with E-state index < -0.39 is 0 Å². The molecule has 0 saturated heterocycles. The molecule has 0 spiro atoms. The van der Waals surface area contributed by atoms with E-state index >= 15 is 0 Å². The first-order chi connectivity index (χ1) is 9.85. The molecular weight excluding hydrogens is 278 g/mol. The summed E-state index contributed by atoms with van der Waals surface area (Å²) in [5.41, 5.74) is 2.41. The van der Waals surface area contributed by atoms with Gasteiger partial charge in [0.05, 0.1) is 0 Å². The Hall–Kier alpha value is -2.59. The van der Waals surface area contributed by atoms with Crippen molar-refractivity contribution in [3.63, 3.8) is 0 Å². The number of rotatable bonds is 4. The van der Waals surface area contributed by atoms with Gasteiger partial charge >= 0.3 is 0 Å². The van der Waals surface area contributed by atoms with Crippen LogP contribution in [0, 0.1) is 0 Å². The van der Waals surface area contributed by atoms with Gasteiger partial charge in [0, 0.05) is 17.3 Å². The summed E-state index contributed by atoms with van der Waals surface area (Å²) >= 11 is 1.37. The van der Waals surface area contributed by atoms with Crippen LogP contribution in [0.2, 0.25) is 0 Å². The highest BCUT2D eigenvalue weighted by molar-refractivity contribution is 7.99. The average Bonchev–Trinajstić information content (AvgIpc) is 3.02. The fraction of sp³-hybridized carbons (Fsp3) is 0. The Labute approximate surface area is 117 Å². The molecule has 100 valence electrons. The molecule has 0 amide bonds. The number of nitrogen functional groups attached to an aromatic ring is 1. The van der Waals surface area contributed by atoms with E-state index in [9.17, 15) is 0 Å². The second-order valence-corrected chi connectivity index (χ2v) is 4.55. The van der Waals surface area contributed by atoms with Crippen molar-refractivity contribution in [3.8, 4) is 5.95 Å². The van der Waals surface area contributed by atoms with E-state index in [2.05, 4.69) is 35.4 Å². The number of pyridine rings is 1. The second-order valence-electron chi connectivity index (χ2n) is 3.51.